The highest BCUT2D eigenvalue weighted by Gasteiger charge is 2.40. The Morgan fingerprint density at radius 2 is 1.95 bits per heavy atom. The van der Waals surface area contributed by atoms with Gasteiger partial charge in [0.2, 0.25) is 0 Å². The Labute approximate surface area is 112 Å². The zero-order chi connectivity index (χ0) is 14.9. The minimum atomic E-state index is -1.10. The van der Waals surface area contributed by atoms with Gasteiger partial charge in [-0.05, 0) is 19.3 Å². The number of anilines is 1. The molecule has 1 saturated carbocycles. The normalized spacial score (nSPS) is 16.3. The van der Waals surface area contributed by atoms with Crippen molar-refractivity contribution in [3.8, 4) is 0 Å². The lowest BCUT2D eigenvalue weighted by Gasteiger charge is -2.42. The molecule has 0 aromatic heterocycles. The van der Waals surface area contributed by atoms with Gasteiger partial charge in [-0.1, -0.05) is 0 Å². The van der Waals surface area contributed by atoms with E-state index in [0.717, 1.165) is 6.42 Å². The number of halogens is 2. The van der Waals surface area contributed by atoms with Crippen LogP contribution >= 0.6 is 0 Å². The number of nitro benzene ring substituents is 1. The van der Waals surface area contributed by atoms with E-state index in [2.05, 4.69) is 5.32 Å². The van der Waals surface area contributed by atoms with Gasteiger partial charge in [0.1, 0.15) is 5.69 Å². The van der Waals surface area contributed by atoms with Crippen LogP contribution in [0, 0.1) is 21.7 Å². The molecular weight excluding hydrogens is 274 g/mol. The van der Waals surface area contributed by atoms with E-state index in [4.69, 9.17) is 5.11 Å². The summed E-state index contributed by atoms with van der Waals surface area (Å²) in [6.45, 7) is 0. The number of hydrogen-bond donors (Lipinski definition) is 2. The van der Waals surface area contributed by atoms with E-state index in [9.17, 15) is 23.7 Å². The molecule has 0 atom stereocenters. The number of carbonyl (C=O) groups is 1. The molecular formula is C12H12F2N2O4. The molecule has 1 aromatic rings. The van der Waals surface area contributed by atoms with Crippen molar-refractivity contribution < 1.29 is 23.6 Å². The summed E-state index contributed by atoms with van der Waals surface area (Å²) < 4.78 is 27.5. The first-order chi connectivity index (χ1) is 9.33. The maximum absolute atomic E-state index is 13.7. The minimum absolute atomic E-state index is 0.261. The third kappa shape index (κ3) is 2.68. The summed E-state index contributed by atoms with van der Waals surface area (Å²) in [6.07, 6.45) is 1.46. The lowest BCUT2D eigenvalue weighted by atomic mass is 9.74. The maximum Gasteiger partial charge on any atom is 0.305 e. The van der Waals surface area contributed by atoms with E-state index < -0.39 is 39.4 Å². The molecule has 2 N–H and O–H groups in total. The van der Waals surface area contributed by atoms with E-state index >= 15 is 0 Å². The van der Waals surface area contributed by atoms with Gasteiger partial charge in [0.05, 0.1) is 23.5 Å². The van der Waals surface area contributed by atoms with Crippen LogP contribution in [0.2, 0.25) is 0 Å². The second-order valence-electron chi connectivity index (χ2n) is 4.87. The van der Waals surface area contributed by atoms with Gasteiger partial charge in [-0.25, -0.2) is 8.78 Å². The molecule has 0 aliphatic heterocycles. The summed E-state index contributed by atoms with van der Waals surface area (Å²) in [6, 6.07) is 1.22. The Balaban J connectivity index is 2.29. The van der Waals surface area contributed by atoms with Crippen LogP contribution in [-0.2, 0) is 4.79 Å². The molecule has 0 heterocycles. The van der Waals surface area contributed by atoms with Gasteiger partial charge in [-0.2, -0.15) is 0 Å². The molecule has 0 spiro atoms. The Morgan fingerprint density at radius 1 is 1.40 bits per heavy atom. The monoisotopic (exact) mass is 286 g/mol. The molecule has 0 unspecified atom stereocenters. The van der Waals surface area contributed by atoms with E-state index in [1.807, 2.05) is 0 Å². The Morgan fingerprint density at radius 3 is 2.30 bits per heavy atom. The highest BCUT2D eigenvalue weighted by Crippen LogP contribution is 2.40. The van der Waals surface area contributed by atoms with Crippen molar-refractivity contribution in [3.63, 3.8) is 0 Å². The number of nitrogens with zero attached hydrogens (tertiary/aromatic N) is 1. The molecule has 0 bridgehead atoms. The molecule has 1 aliphatic carbocycles. The quantitative estimate of drug-likeness (QED) is 0.641. The van der Waals surface area contributed by atoms with Crippen molar-refractivity contribution in [1.82, 2.24) is 0 Å². The fourth-order valence-corrected chi connectivity index (χ4v) is 2.29. The number of nitrogens with one attached hydrogen (secondary N) is 1. The van der Waals surface area contributed by atoms with Crippen molar-refractivity contribution in [2.45, 2.75) is 31.2 Å². The molecule has 0 radical (unpaired) electrons. The third-order valence-corrected chi connectivity index (χ3v) is 3.43. The number of hydrogen-bond acceptors (Lipinski definition) is 4. The average Bonchev–Trinajstić information content (AvgIpc) is 2.29. The van der Waals surface area contributed by atoms with Crippen molar-refractivity contribution in [3.05, 3.63) is 33.9 Å². The lowest BCUT2D eigenvalue weighted by Crippen LogP contribution is -2.47. The third-order valence-electron chi connectivity index (χ3n) is 3.43. The number of carboxylic acid groups (broad SMARTS) is 1. The van der Waals surface area contributed by atoms with Gasteiger partial charge in [-0.3, -0.25) is 14.9 Å². The van der Waals surface area contributed by atoms with Crippen LogP contribution in [0.25, 0.3) is 0 Å². The average molecular weight is 286 g/mol. The van der Waals surface area contributed by atoms with Crippen LogP contribution in [-0.4, -0.2) is 21.5 Å². The summed E-state index contributed by atoms with van der Waals surface area (Å²) in [5.41, 5.74) is -2.09. The van der Waals surface area contributed by atoms with E-state index in [0.29, 0.717) is 25.0 Å². The van der Waals surface area contributed by atoms with Gasteiger partial charge in [0.25, 0.3) is 5.69 Å². The van der Waals surface area contributed by atoms with Crippen molar-refractivity contribution in [2.24, 2.45) is 0 Å². The molecule has 1 aliphatic rings. The molecule has 0 amide bonds. The summed E-state index contributed by atoms with van der Waals surface area (Å²) in [7, 11) is 0. The molecule has 108 valence electrons. The lowest BCUT2D eigenvalue weighted by molar-refractivity contribution is -0.385. The smallest absolute Gasteiger partial charge is 0.305 e. The zero-order valence-electron chi connectivity index (χ0n) is 10.4. The standard InChI is InChI=1S/C12H12F2N2O4/c13-8-4-7(16(19)20)5-9(14)11(8)15-12(2-1-3-12)6-10(17)18/h4-5,15H,1-3,6H2,(H,17,18). The Hall–Kier alpha value is -2.25. The fourth-order valence-electron chi connectivity index (χ4n) is 2.29. The van der Waals surface area contributed by atoms with Gasteiger partial charge < -0.3 is 10.4 Å². The molecule has 6 nitrogen and oxygen atoms in total. The summed E-state index contributed by atoms with van der Waals surface area (Å²) >= 11 is 0. The van der Waals surface area contributed by atoms with Crippen LogP contribution < -0.4 is 5.32 Å². The number of carboxylic acids is 1. The Kier molecular flexibility index (Phi) is 3.56. The van der Waals surface area contributed by atoms with Crippen molar-refractivity contribution >= 4 is 17.3 Å². The van der Waals surface area contributed by atoms with Crippen molar-refractivity contribution in [1.29, 1.82) is 0 Å². The maximum atomic E-state index is 13.7. The molecule has 8 heteroatoms. The first kappa shape index (κ1) is 14.2. The topological polar surface area (TPSA) is 92.5 Å². The van der Waals surface area contributed by atoms with Crippen LogP contribution in [0.15, 0.2) is 12.1 Å². The number of non-ortho nitro benzene ring substituents is 1. The van der Waals surface area contributed by atoms with Crippen LogP contribution in [0.3, 0.4) is 0 Å². The number of aliphatic carboxylic acids is 1. The van der Waals surface area contributed by atoms with Crippen LogP contribution in [0.4, 0.5) is 20.2 Å². The van der Waals surface area contributed by atoms with Crippen LogP contribution in [0.1, 0.15) is 25.7 Å². The van der Waals surface area contributed by atoms with E-state index in [1.165, 1.54) is 0 Å². The second kappa shape index (κ2) is 5.03. The Bertz CT molecular complexity index is 550. The first-order valence-electron chi connectivity index (χ1n) is 5.96. The highest BCUT2D eigenvalue weighted by molar-refractivity contribution is 5.70. The minimum Gasteiger partial charge on any atom is -0.481 e. The molecule has 20 heavy (non-hydrogen) atoms. The number of nitro groups is 1. The van der Waals surface area contributed by atoms with Gasteiger partial charge in [0.15, 0.2) is 11.6 Å². The fraction of sp³-hybridized carbons (Fsp3) is 0.417. The molecule has 2 rings (SSSR count). The first-order valence-corrected chi connectivity index (χ1v) is 5.96. The van der Waals surface area contributed by atoms with E-state index in [-0.39, 0.29) is 6.42 Å². The largest absolute Gasteiger partial charge is 0.481 e. The molecule has 0 saturated heterocycles. The summed E-state index contributed by atoms with van der Waals surface area (Å²) in [5.74, 6) is -3.28. The van der Waals surface area contributed by atoms with Crippen LogP contribution in [0.5, 0.6) is 0 Å². The number of rotatable bonds is 5. The van der Waals surface area contributed by atoms with E-state index in [1.54, 1.807) is 0 Å². The summed E-state index contributed by atoms with van der Waals surface area (Å²) in [5, 5.41) is 21.9. The second-order valence-corrected chi connectivity index (χ2v) is 4.87. The zero-order valence-corrected chi connectivity index (χ0v) is 10.4. The SMILES string of the molecule is O=C(O)CC1(Nc2c(F)cc([N+](=O)[O-])cc2F)CCC1. The number of benzene rings is 1. The van der Waals surface area contributed by atoms with Gasteiger partial charge in [-0.15, -0.1) is 0 Å². The summed E-state index contributed by atoms with van der Waals surface area (Å²) in [4.78, 5) is 20.4. The predicted octanol–water partition coefficient (Wildman–Crippen LogP) is 2.68. The molecule has 1 aromatic carbocycles. The predicted molar refractivity (Wildman–Crippen MR) is 65.5 cm³/mol. The van der Waals surface area contributed by atoms with Gasteiger partial charge >= 0.3 is 5.97 Å². The van der Waals surface area contributed by atoms with Crippen molar-refractivity contribution in [2.75, 3.05) is 5.32 Å². The highest BCUT2D eigenvalue weighted by atomic mass is 19.1. The van der Waals surface area contributed by atoms with Gasteiger partial charge in [0, 0.05) is 5.54 Å². The molecule has 1 fully saturated rings.